The van der Waals surface area contributed by atoms with Crippen LogP contribution in [0, 0.1) is 5.82 Å². The van der Waals surface area contributed by atoms with Crippen LogP contribution < -0.4 is 25.0 Å². The SMILES string of the molecule is COCCCN1CCOc2ccc(CO[C@H]3CNCC[C@@H]3c3ccc(OCCNCCc4ccc(F)cc4)cc3)cc21. The summed E-state index contributed by atoms with van der Waals surface area (Å²) in [6.07, 6.45) is 2.99. The molecule has 0 bridgehead atoms. The molecule has 0 radical (unpaired) electrons. The molecule has 1 fully saturated rings. The van der Waals surface area contributed by atoms with E-state index in [1.807, 2.05) is 12.1 Å². The molecular formula is C34H44FN3O4. The Kier molecular flexibility index (Phi) is 11.5. The van der Waals surface area contributed by atoms with Crippen molar-refractivity contribution in [3.05, 3.63) is 89.2 Å². The van der Waals surface area contributed by atoms with E-state index in [0.29, 0.717) is 25.7 Å². The van der Waals surface area contributed by atoms with Crippen LogP contribution in [0.25, 0.3) is 0 Å². The molecule has 2 aliphatic heterocycles. The van der Waals surface area contributed by atoms with Gasteiger partial charge in [-0.25, -0.2) is 4.39 Å². The molecule has 42 heavy (non-hydrogen) atoms. The van der Waals surface area contributed by atoms with Crippen molar-refractivity contribution in [1.29, 1.82) is 0 Å². The predicted octanol–water partition coefficient (Wildman–Crippen LogP) is 4.93. The minimum atomic E-state index is -0.197. The molecule has 0 aromatic heterocycles. The van der Waals surface area contributed by atoms with E-state index in [9.17, 15) is 4.39 Å². The van der Waals surface area contributed by atoms with Gasteiger partial charge in [0.1, 0.15) is 30.5 Å². The average molecular weight is 578 g/mol. The zero-order valence-electron chi connectivity index (χ0n) is 24.7. The van der Waals surface area contributed by atoms with Gasteiger partial charge in [0.05, 0.1) is 24.9 Å². The van der Waals surface area contributed by atoms with Crippen LogP contribution in [-0.4, -0.2) is 72.3 Å². The molecule has 3 aromatic carbocycles. The lowest BCUT2D eigenvalue weighted by molar-refractivity contribution is 0.0106. The van der Waals surface area contributed by atoms with Crippen LogP contribution >= 0.6 is 0 Å². The number of hydrogen-bond acceptors (Lipinski definition) is 7. The summed E-state index contributed by atoms with van der Waals surface area (Å²) in [5.41, 5.74) is 4.72. The number of anilines is 1. The molecule has 0 spiro atoms. The maximum Gasteiger partial charge on any atom is 0.142 e. The lowest BCUT2D eigenvalue weighted by Gasteiger charge is -2.33. The van der Waals surface area contributed by atoms with E-state index in [0.717, 1.165) is 93.5 Å². The summed E-state index contributed by atoms with van der Waals surface area (Å²) in [7, 11) is 1.75. The topological polar surface area (TPSA) is 64.2 Å². The second kappa shape index (κ2) is 15.9. The number of piperidine rings is 1. The van der Waals surface area contributed by atoms with Crippen molar-refractivity contribution < 1.29 is 23.3 Å². The van der Waals surface area contributed by atoms with Crippen LogP contribution in [0.2, 0.25) is 0 Å². The Morgan fingerprint density at radius 3 is 2.67 bits per heavy atom. The normalized spacial score (nSPS) is 18.4. The molecule has 2 atom stereocenters. The first-order valence-electron chi connectivity index (χ1n) is 15.2. The van der Waals surface area contributed by atoms with Crippen molar-refractivity contribution >= 4 is 5.69 Å². The van der Waals surface area contributed by atoms with Crippen molar-refractivity contribution in [2.45, 2.75) is 37.9 Å². The van der Waals surface area contributed by atoms with E-state index >= 15 is 0 Å². The quantitative estimate of drug-likeness (QED) is 0.248. The highest BCUT2D eigenvalue weighted by molar-refractivity contribution is 5.61. The van der Waals surface area contributed by atoms with E-state index in [1.165, 1.54) is 17.7 Å². The van der Waals surface area contributed by atoms with Crippen molar-refractivity contribution in [2.24, 2.45) is 0 Å². The molecule has 3 aromatic rings. The third kappa shape index (κ3) is 8.67. The first-order valence-corrected chi connectivity index (χ1v) is 15.2. The number of ether oxygens (including phenoxy) is 4. The molecule has 2 aliphatic rings. The van der Waals surface area contributed by atoms with Crippen LogP contribution in [-0.2, 0) is 22.5 Å². The van der Waals surface area contributed by atoms with Crippen molar-refractivity contribution in [3.63, 3.8) is 0 Å². The summed E-state index contributed by atoms with van der Waals surface area (Å²) < 4.78 is 36.7. The number of fused-ring (bicyclic) bond motifs is 1. The summed E-state index contributed by atoms with van der Waals surface area (Å²) in [5, 5.41) is 6.90. The van der Waals surface area contributed by atoms with Crippen LogP contribution in [0.15, 0.2) is 66.7 Å². The van der Waals surface area contributed by atoms with E-state index in [4.69, 9.17) is 18.9 Å². The Morgan fingerprint density at radius 2 is 1.83 bits per heavy atom. The average Bonchev–Trinajstić information content (AvgIpc) is 3.03. The summed E-state index contributed by atoms with van der Waals surface area (Å²) in [5.74, 6) is 1.95. The zero-order valence-corrected chi connectivity index (χ0v) is 24.7. The van der Waals surface area contributed by atoms with Gasteiger partial charge in [-0.05, 0) is 85.4 Å². The number of halogens is 1. The fourth-order valence-electron chi connectivity index (χ4n) is 5.69. The molecule has 0 aliphatic carbocycles. The molecule has 0 saturated carbocycles. The lowest BCUT2D eigenvalue weighted by atomic mass is 9.87. The van der Waals surface area contributed by atoms with Crippen molar-refractivity contribution in [1.82, 2.24) is 10.6 Å². The van der Waals surface area contributed by atoms with Gasteiger partial charge in [-0.15, -0.1) is 0 Å². The molecule has 0 unspecified atom stereocenters. The van der Waals surface area contributed by atoms with Gasteiger partial charge in [0, 0.05) is 39.3 Å². The standard InChI is InChI=1S/C34H44FN3O4/c1-39-20-2-18-38-19-22-41-33-12-5-27(23-32(33)38)25-42-34-24-37-16-14-31(34)28-6-10-30(11-7-28)40-21-17-36-15-13-26-3-8-29(35)9-4-26/h3-12,23,31,34,36-37H,2,13-22,24-25H2,1H3/t31-,34+/m1/s1. The van der Waals surface area contributed by atoms with Gasteiger partial charge < -0.3 is 34.5 Å². The van der Waals surface area contributed by atoms with E-state index in [2.05, 4.69) is 58.0 Å². The van der Waals surface area contributed by atoms with Gasteiger partial charge in [0.25, 0.3) is 0 Å². The molecule has 2 heterocycles. The molecular weight excluding hydrogens is 533 g/mol. The summed E-state index contributed by atoms with van der Waals surface area (Å²) in [6.45, 7) is 7.89. The van der Waals surface area contributed by atoms with E-state index in [-0.39, 0.29) is 11.9 Å². The lowest BCUT2D eigenvalue weighted by Crippen LogP contribution is -2.41. The fourth-order valence-corrected chi connectivity index (χ4v) is 5.69. The number of hydrogen-bond donors (Lipinski definition) is 2. The Morgan fingerprint density at radius 1 is 1.00 bits per heavy atom. The molecule has 7 nitrogen and oxygen atoms in total. The van der Waals surface area contributed by atoms with Crippen molar-refractivity contribution in [3.8, 4) is 11.5 Å². The van der Waals surface area contributed by atoms with Crippen LogP contribution in [0.5, 0.6) is 11.5 Å². The van der Waals surface area contributed by atoms with Gasteiger partial charge in [-0.2, -0.15) is 0 Å². The Balaban J connectivity index is 1.08. The number of methoxy groups -OCH3 is 1. The largest absolute Gasteiger partial charge is 0.492 e. The maximum absolute atomic E-state index is 13.0. The summed E-state index contributed by atoms with van der Waals surface area (Å²) in [4.78, 5) is 2.39. The molecule has 5 rings (SSSR count). The number of nitrogens with one attached hydrogen (secondary N) is 2. The first-order chi connectivity index (χ1) is 20.7. The minimum Gasteiger partial charge on any atom is -0.492 e. The predicted molar refractivity (Wildman–Crippen MR) is 164 cm³/mol. The Labute approximate surface area is 249 Å². The van der Waals surface area contributed by atoms with Gasteiger partial charge >= 0.3 is 0 Å². The molecule has 2 N–H and O–H groups in total. The minimum absolute atomic E-state index is 0.0981. The van der Waals surface area contributed by atoms with Gasteiger partial charge in [-0.3, -0.25) is 0 Å². The second-order valence-corrected chi connectivity index (χ2v) is 11.0. The zero-order chi connectivity index (χ0) is 29.0. The van der Waals surface area contributed by atoms with Crippen molar-refractivity contribution in [2.75, 3.05) is 71.1 Å². The van der Waals surface area contributed by atoms with Crippen LogP contribution in [0.3, 0.4) is 0 Å². The smallest absolute Gasteiger partial charge is 0.142 e. The third-order valence-corrected chi connectivity index (χ3v) is 8.01. The summed E-state index contributed by atoms with van der Waals surface area (Å²) >= 11 is 0. The Bertz CT molecular complexity index is 1220. The molecule has 0 amide bonds. The summed E-state index contributed by atoms with van der Waals surface area (Å²) in [6, 6.07) is 21.6. The third-order valence-electron chi connectivity index (χ3n) is 8.01. The highest BCUT2D eigenvalue weighted by atomic mass is 19.1. The second-order valence-electron chi connectivity index (χ2n) is 11.0. The van der Waals surface area contributed by atoms with E-state index < -0.39 is 0 Å². The monoisotopic (exact) mass is 577 g/mol. The van der Waals surface area contributed by atoms with Crippen LogP contribution in [0.4, 0.5) is 10.1 Å². The fraction of sp³-hybridized carbons (Fsp3) is 0.471. The maximum atomic E-state index is 13.0. The molecule has 226 valence electrons. The number of rotatable bonds is 15. The van der Waals surface area contributed by atoms with Crippen LogP contribution in [0.1, 0.15) is 35.4 Å². The highest BCUT2D eigenvalue weighted by Crippen LogP contribution is 2.34. The van der Waals surface area contributed by atoms with Gasteiger partial charge in [0.2, 0.25) is 0 Å². The molecule has 8 heteroatoms. The first kappa shape index (κ1) is 30.3. The van der Waals surface area contributed by atoms with Gasteiger partial charge in [0.15, 0.2) is 0 Å². The van der Waals surface area contributed by atoms with Gasteiger partial charge in [-0.1, -0.05) is 30.3 Å². The highest BCUT2D eigenvalue weighted by Gasteiger charge is 2.27. The Hall–Kier alpha value is -3.17. The van der Waals surface area contributed by atoms with E-state index in [1.54, 1.807) is 7.11 Å². The number of nitrogens with zero attached hydrogens (tertiary/aromatic N) is 1. The number of benzene rings is 3. The molecule has 1 saturated heterocycles.